The number of likely N-dealkylation sites (tertiary alicyclic amines) is 2. The van der Waals surface area contributed by atoms with Crippen molar-refractivity contribution in [1.82, 2.24) is 9.80 Å². The average Bonchev–Trinajstić information content (AvgIpc) is 2.56. The van der Waals surface area contributed by atoms with Gasteiger partial charge in [-0.2, -0.15) is 0 Å². The van der Waals surface area contributed by atoms with E-state index in [0.29, 0.717) is 6.04 Å². The number of piperidine rings is 2. The molecule has 3 rings (SSSR count). The van der Waals surface area contributed by atoms with Crippen molar-refractivity contribution >= 4 is 21.8 Å². The molecule has 0 aliphatic carbocycles. The largest absolute Gasteiger partial charge is 0.338 e. The second-order valence-electron chi connectivity index (χ2n) is 6.10. The zero-order valence-corrected chi connectivity index (χ0v) is 14.0. The third-order valence-corrected chi connectivity index (χ3v) is 5.45. The predicted molar refractivity (Wildman–Crippen MR) is 88.5 cm³/mol. The first kappa shape index (κ1) is 15.0. The van der Waals surface area contributed by atoms with Gasteiger partial charge in [-0.25, -0.2) is 0 Å². The normalized spacial score (nSPS) is 21.5. The lowest BCUT2D eigenvalue weighted by molar-refractivity contribution is 0.0589. The number of carbonyl (C=O) groups is 1. The Labute approximate surface area is 135 Å². The molecule has 0 saturated carbocycles. The van der Waals surface area contributed by atoms with E-state index in [2.05, 4.69) is 20.8 Å². The monoisotopic (exact) mass is 350 g/mol. The van der Waals surface area contributed by atoms with Crippen molar-refractivity contribution < 1.29 is 4.79 Å². The van der Waals surface area contributed by atoms with E-state index in [1.807, 2.05) is 29.2 Å². The first-order valence-corrected chi connectivity index (χ1v) is 8.83. The molecule has 2 saturated heterocycles. The van der Waals surface area contributed by atoms with Gasteiger partial charge in [0.05, 0.1) is 5.56 Å². The van der Waals surface area contributed by atoms with E-state index in [4.69, 9.17) is 0 Å². The third kappa shape index (κ3) is 3.49. The SMILES string of the molecule is O=C(c1ccccc1Br)N1CCC(N2CCCCC2)CC1. The molecular weight excluding hydrogens is 328 g/mol. The van der Waals surface area contributed by atoms with E-state index in [1.54, 1.807) is 0 Å². The quantitative estimate of drug-likeness (QED) is 0.814. The lowest BCUT2D eigenvalue weighted by atomic mass is 9.99. The van der Waals surface area contributed by atoms with Crippen LogP contribution in [0.5, 0.6) is 0 Å². The molecule has 114 valence electrons. The molecule has 2 aliphatic rings. The van der Waals surface area contributed by atoms with Gasteiger partial charge in [0.1, 0.15) is 0 Å². The van der Waals surface area contributed by atoms with Crippen molar-refractivity contribution in [2.75, 3.05) is 26.2 Å². The smallest absolute Gasteiger partial charge is 0.254 e. The molecule has 0 aromatic heterocycles. The van der Waals surface area contributed by atoms with Crippen molar-refractivity contribution in [2.45, 2.75) is 38.1 Å². The lowest BCUT2D eigenvalue weighted by Gasteiger charge is -2.40. The van der Waals surface area contributed by atoms with E-state index in [0.717, 1.165) is 36.0 Å². The van der Waals surface area contributed by atoms with Crippen LogP contribution < -0.4 is 0 Å². The molecule has 1 aromatic rings. The second kappa shape index (κ2) is 6.93. The molecule has 0 N–H and O–H groups in total. The molecule has 1 amide bonds. The van der Waals surface area contributed by atoms with Gasteiger partial charge < -0.3 is 9.80 Å². The molecule has 0 unspecified atom stereocenters. The number of nitrogens with zero attached hydrogens (tertiary/aromatic N) is 2. The van der Waals surface area contributed by atoms with Gasteiger partial charge in [0, 0.05) is 23.6 Å². The number of halogens is 1. The highest BCUT2D eigenvalue weighted by atomic mass is 79.9. The van der Waals surface area contributed by atoms with E-state index < -0.39 is 0 Å². The highest BCUT2D eigenvalue weighted by molar-refractivity contribution is 9.10. The summed E-state index contributed by atoms with van der Waals surface area (Å²) in [6.07, 6.45) is 6.31. The Morgan fingerprint density at radius 2 is 1.67 bits per heavy atom. The van der Waals surface area contributed by atoms with Gasteiger partial charge in [-0.05, 0) is 66.8 Å². The maximum Gasteiger partial charge on any atom is 0.254 e. The summed E-state index contributed by atoms with van der Waals surface area (Å²) in [7, 11) is 0. The predicted octanol–water partition coefficient (Wildman–Crippen LogP) is 3.54. The molecule has 2 fully saturated rings. The van der Waals surface area contributed by atoms with Crippen molar-refractivity contribution in [3.63, 3.8) is 0 Å². The summed E-state index contributed by atoms with van der Waals surface area (Å²) in [5.74, 6) is 0.166. The number of benzene rings is 1. The van der Waals surface area contributed by atoms with E-state index in [9.17, 15) is 4.79 Å². The maximum absolute atomic E-state index is 12.6. The first-order valence-electron chi connectivity index (χ1n) is 8.03. The Bertz CT molecular complexity index is 491. The minimum absolute atomic E-state index is 0.166. The van der Waals surface area contributed by atoms with Crippen molar-refractivity contribution in [1.29, 1.82) is 0 Å². The second-order valence-corrected chi connectivity index (χ2v) is 6.95. The zero-order chi connectivity index (χ0) is 14.7. The standard InChI is InChI=1S/C17H23BrN2O/c18-16-7-3-2-6-15(16)17(21)20-12-8-14(9-13-20)19-10-4-1-5-11-19/h2-3,6-7,14H,1,4-5,8-13H2. The van der Waals surface area contributed by atoms with Crippen molar-refractivity contribution in [3.05, 3.63) is 34.3 Å². The summed E-state index contributed by atoms with van der Waals surface area (Å²) >= 11 is 3.48. The topological polar surface area (TPSA) is 23.6 Å². The molecule has 0 atom stereocenters. The zero-order valence-electron chi connectivity index (χ0n) is 12.4. The lowest BCUT2D eigenvalue weighted by Crippen LogP contribution is -2.48. The van der Waals surface area contributed by atoms with Gasteiger partial charge in [-0.3, -0.25) is 4.79 Å². The van der Waals surface area contributed by atoms with Crippen LogP contribution in [0.1, 0.15) is 42.5 Å². The minimum atomic E-state index is 0.166. The Morgan fingerprint density at radius 3 is 2.33 bits per heavy atom. The minimum Gasteiger partial charge on any atom is -0.338 e. The molecule has 0 radical (unpaired) electrons. The summed E-state index contributed by atoms with van der Waals surface area (Å²) in [4.78, 5) is 17.2. The van der Waals surface area contributed by atoms with Crippen LogP contribution in [0.4, 0.5) is 0 Å². The van der Waals surface area contributed by atoms with E-state index in [1.165, 1.54) is 32.4 Å². The molecule has 21 heavy (non-hydrogen) atoms. The Kier molecular flexibility index (Phi) is 4.96. The van der Waals surface area contributed by atoms with Crippen LogP contribution in [-0.4, -0.2) is 47.9 Å². The Hall–Kier alpha value is -0.870. The summed E-state index contributed by atoms with van der Waals surface area (Å²) in [5.41, 5.74) is 0.786. The third-order valence-electron chi connectivity index (χ3n) is 4.76. The van der Waals surface area contributed by atoms with Crippen molar-refractivity contribution in [2.24, 2.45) is 0 Å². The highest BCUT2D eigenvalue weighted by Crippen LogP contribution is 2.24. The molecule has 3 nitrogen and oxygen atoms in total. The molecule has 1 aromatic carbocycles. The highest BCUT2D eigenvalue weighted by Gasteiger charge is 2.28. The number of rotatable bonds is 2. The van der Waals surface area contributed by atoms with Gasteiger partial charge in [0.2, 0.25) is 0 Å². The van der Waals surface area contributed by atoms with Crippen molar-refractivity contribution in [3.8, 4) is 0 Å². The molecule has 4 heteroatoms. The number of amides is 1. The van der Waals surface area contributed by atoms with Gasteiger partial charge in [0.15, 0.2) is 0 Å². The number of hydrogen-bond donors (Lipinski definition) is 0. The summed E-state index contributed by atoms with van der Waals surface area (Å²) < 4.78 is 0.896. The van der Waals surface area contributed by atoms with Crippen LogP contribution in [0, 0.1) is 0 Å². The molecule has 2 aliphatic heterocycles. The van der Waals surface area contributed by atoms with Crippen LogP contribution >= 0.6 is 15.9 Å². The molecule has 2 heterocycles. The van der Waals surface area contributed by atoms with Crippen LogP contribution in [-0.2, 0) is 0 Å². The van der Waals surface area contributed by atoms with Crippen LogP contribution in [0.25, 0.3) is 0 Å². The maximum atomic E-state index is 12.6. The molecule has 0 bridgehead atoms. The molecular formula is C17H23BrN2O. The van der Waals surface area contributed by atoms with Crippen LogP contribution in [0.3, 0.4) is 0 Å². The average molecular weight is 351 g/mol. The fourth-order valence-electron chi connectivity index (χ4n) is 3.52. The van der Waals surface area contributed by atoms with E-state index in [-0.39, 0.29) is 5.91 Å². The fourth-order valence-corrected chi connectivity index (χ4v) is 3.98. The number of carbonyl (C=O) groups excluding carboxylic acids is 1. The fraction of sp³-hybridized carbons (Fsp3) is 0.588. The van der Waals surface area contributed by atoms with E-state index >= 15 is 0 Å². The van der Waals surface area contributed by atoms with Crippen LogP contribution in [0.2, 0.25) is 0 Å². The van der Waals surface area contributed by atoms with Gasteiger partial charge in [0.25, 0.3) is 5.91 Å². The summed E-state index contributed by atoms with van der Waals surface area (Å²) in [5, 5.41) is 0. The molecule has 0 spiro atoms. The van der Waals surface area contributed by atoms with Crippen LogP contribution in [0.15, 0.2) is 28.7 Å². The Balaban J connectivity index is 1.58. The van der Waals surface area contributed by atoms with Gasteiger partial charge in [-0.15, -0.1) is 0 Å². The number of hydrogen-bond acceptors (Lipinski definition) is 2. The summed E-state index contributed by atoms with van der Waals surface area (Å²) in [6.45, 7) is 4.29. The van der Waals surface area contributed by atoms with Gasteiger partial charge in [-0.1, -0.05) is 18.6 Å². The first-order chi connectivity index (χ1) is 10.3. The Morgan fingerprint density at radius 1 is 1.00 bits per heavy atom. The van der Waals surface area contributed by atoms with Gasteiger partial charge >= 0.3 is 0 Å². The summed E-state index contributed by atoms with van der Waals surface area (Å²) in [6, 6.07) is 8.41.